The van der Waals surface area contributed by atoms with Crippen LogP contribution < -0.4 is 56.5 Å². The van der Waals surface area contributed by atoms with Gasteiger partial charge in [0.05, 0.1) is 17.2 Å². The van der Waals surface area contributed by atoms with Crippen molar-refractivity contribution in [3.05, 3.63) is 71.3 Å². The second-order valence-corrected chi connectivity index (χ2v) is 8.31. The zero-order valence-electron chi connectivity index (χ0n) is 15.0. The van der Waals surface area contributed by atoms with Crippen molar-refractivity contribution in [1.29, 1.82) is 0 Å². The zero-order chi connectivity index (χ0) is 18.3. The van der Waals surface area contributed by atoms with Crippen molar-refractivity contribution in [1.82, 2.24) is 4.57 Å². The van der Waals surface area contributed by atoms with E-state index in [1.54, 1.807) is 6.92 Å². The number of rotatable bonds is 4. The molecular weight excluding hydrogens is 449 g/mol. The topological polar surface area (TPSA) is 45.1 Å². The van der Waals surface area contributed by atoms with Gasteiger partial charge in [0.15, 0.2) is 0 Å². The Hall–Kier alpha value is -0.604. The minimum Gasteiger partial charge on any atom is -0.549 e. The van der Waals surface area contributed by atoms with E-state index in [1.807, 2.05) is 42.6 Å². The predicted octanol–water partition coefficient (Wildman–Crippen LogP) is 1.78. The molecule has 130 valence electrons. The molecule has 1 unspecified atom stereocenters. The number of thioether (sulfide) groups is 1. The SMILES string of the molecule is CC(Sc1cn(-c2ccc(Br)c3ccccc23)c2ccccc12)C(=O)[O-].[K+]. The Balaban J connectivity index is 0.00000210. The van der Waals surface area contributed by atoms with Gasteiger partial charge in [0.25, 0.3) is 0 Å². The fourth-order valence-electron chi connectivity index (χ4n) is 3.14. The molecule has 0 amide bonds. The van der Waals surface area contributed by atoms with E-state index in [9.17, 15) is 9.90 Å². The third-order valence-electron chi connectivity index (χ3n) is 4.42. The maximum absolute atomic E-state index is 11.2. The number of carbonyl (C=O) groups excluding carboxylic acids is 1. The molecule has 1 heterocycles. The predicted molar refractivity (Wildman–Crippen MR) is 109 cm³/mol. The van der Waals surface area contributed by atoms with Crippen molar-refractivity contribution in [3.63, 3.8) is 0 Å². The summed E-state index contributed by atoms with van der Waals surface area (Å²) in [4.78, 5) is 12.1. The fraction of sp³-hybridized carbons (Fsp3) is 0.0952. The molecule has 0 aliphatic rings. The molecule has 0 saturated heterocycles. The molecule has 3 nitrogen and oxygen atoms in total. The number of carboxylic acids is 1. The van der Waals surface area contributed by atoms with Crippen LogP contribution >= 0.6 is 27.7 Å². The van der Waals surface area contributed by atoms with Crippen molar-refractivity contribution < 1.29 is 61.3 Å². The largest absolute Gasteiger partial charge is 1.00 e. The Morgan fingerprint density at radius 1 is 1.00 bits per heavy atom. The number of carboxylic acid groups (broad SMARTS) is 1. The third kappa shape index (κ3) is 4.08. The molecule has 0 aliphatic carbocycles. The Bertz CT molecular complexity index is 1140. The Labute approximate surface area is 212 Å². The van der Waals surface area contributed by atoms with Crippen LogP contribution in [-0.4, -0.2) is 15.8 Å². The summed E-state index contributed by atoms with van der Waals surface area (Å²) in [6, 6.07) is 20.4. The summed E-state index contributed by atoms with van der Waals surface area (Å²) in [5, 5.41) is 13.9. The van der Waals surface area contributed by atoms with E-state index in [-0.39, 0.29) is 51.4 Å². The van der Waals surface area contributed by atoms with Gasteiger partial charge >= 0.3 is 51.4 Å². The maximum Gasteiger partial charge on any atom is 1.00 e. The summed E-state index contributed by atoms with van der Waals surface area (Å²) in [5.74, 6) is -1.05. The van der Waals surface area contributed by atoms with Gasteiger partial charge in [-0.3, -0.25) is 0 Å². The number of hydrogen-bond donors (Lipinski definition) is 0. The smallest absolute Gasteiger partial charge is 0.549 e. The van der Waals surface area contributed by atoms with Crippen molar-refractivity contribution >= 4 is 55.3 Å². The summed E-state index contributed by atoms with van der Waals surface area (Å²) in [7, 11) is 0. The van der Waals surface area contributed by atoms with Gasteiger partial charge < -0.3 is 14.5 Å². The number of para-hydroxylation sites is 1. The van der Waals surface area contributed by atoms with Crippen LogP contribution in [0.25, 0.3) is 27.4 Å². The van der Waals surface area contributed by atoms with Crippen LogP contribution in [0, 0.1) is 0 Å². The van der Waals surface area contributed by atoms with Gasteiger partial charge in [-0.1, -0.05) is 58.4 Å². The minimum atomic E-state index is -1.05. The molecule has 0 radical (unpaired) electrons. The van der Waals surface area contributed by atoms with E-state index >= 15 is 0 Å². The molecule has 1 aromatic heterocycles. The molecule has 4 rings (SSSR count). The second kappa shape index (κ2) is 8.82. The van der Waals surface area contributed by atoms with Crippen molar-refractivity contribution in [2.45, 2.75) is 17.1 Å². The normalized spacial score (nSPS) is 12.1. The molecule has 3 aromatic carbocycles. The molecule has 0 bridgehead atoms. The zero-order valence-corrected chi connectivity index (χ0v) is 20.5. The first-order chi connectivity index (χ1) is 12.6. The van der Waals surface area contributed by atoms with Gasteiger partial charge in [-0.05, 0) is 30.5 Å². The minimum absolute atomic E-state index is 0. The second-order valence-electron chi connectivity index (χ2n) is 6.07. The average Bonchev–Trinajstić information content (AvgIpc) is 3.01. The van der Waals surface area contributed by atoms with Gasteiger partial charge in [0.1, 0.15) is 0 Å². The molecule has 0 spiro atoms. The average molecular weight is 464 g/mol. The maximum atomic E-state index is 11.2. The standard InChI is InChI=1S/C21H16BrNO2S.K/c1-13(21(24)25)26-20-12-23(18-9-5-4-8-16(18)20)19-11-10-17(22)14-6-2-3-7-15(14)19;/h2-13H,1H3,(H,24,25);/q;+1/p-1. The molecule has 6 heteroatoms. The van der Waals surface area contributed by atoms with Gasteiger partial charge in [-0.15, -0.1) is 11.8 Å². The van der Waals surface area contributed by atoms with E-state index < -0.39 is 11.2 Å². The number of fused-ring (bicyclic) bond motifs is 2. The summed E-state index contributed by atoms with van der Waals surface area (Å²) < 4.78 is 3.18. The Morgan fingerprint density at radius 3 is 2.33 bits per heavy atom. The van der Waals surface area contributed by atoms with Crippen LogP contribution in [-0.2, 0) is 4.79 Å². The van der Waals surface area contributed by atoms with Crippen LogP contribution in [0.3, 0.4) is 0 Å². The van der Waals surface area contributed by atoms with E-state index in [1.165, 1.54) is 11.8 Å². The fourth-order valence-corrected chi connectivity index (χ4v) is 4.56. The summed E-state index contributed by atoms with van der Waals surface area (Å²) >= 11 is 4.93. The molecule has 0 fully saturated rings. The molecule has 4 aromatic rings. The van der Waals surface area contributed by atoms with Gasteiger partial charge in [0.2, 0.25) is 0 Å². The van der Waals surface area contributed by atoms with Crippen molar-refractivity contribution in [2.24, 2.45) is 0 Å². The number of carbonyl (C=O) groups is 1. The van der Waals surface area contributed by atoms with Crippen LogP contribution in [0.2, 0.25) is 0 Å². The van der Waals surface area contributed by atoms with Crippen molar-refractivity contribution in [3.8, 4) is 5.69 Å². The summed E-state index contributed by atoms with van der Waals surface area (Å²) in [6.45, 7) is 1.65. The number of hydrogen-bond acceptors (Lipinski definition) is 3. The first-order valence-corrected chi connectivity index (χ1v) is 9.89. The van der Waals surface area contributed by atoms with Gasteiger partial charge in [0, 0.05) is 31.6 Å². The molecule has 0 N–H and O–H groups in total. The number of aliphatic carboxylic acids is 1. The molecule has 0 aliphatic heterocycles. The van der Waals surface area contributed by atoms with Gasteiger partial charge in [-0.2, -0.15) is 0 Å². The van der Waals surface area contributed by atoms with E-state index in [4.69, 9.17) is 0 Å². The van der Waals surface area contributed by atoms with Crippen LogP contribution in [0.5, 0.6) is 0 Å². The Kier molecular flexibility index (Phi) is 6.90. The first kappa shape index (κ1) is 21.1. The van der Waals surface area contributed by atoms with E-state index in [0.29, 0.717) is 0 Å². The molecular formula is C21H15BrKNO2S. The van der Waals surface area contributed by atoms with Crippen molar-refractivity contribution in [2.75, 3.05) is 0 Å². The monoisotopic (exact) mass is 463 g/mol. The number of aromatic nitrogens is 1. The first-order valence-electron chi connectivity index (χ1n) is 8.21. The van der Waals surface area contributed by atoms with E-state index in [0.717, 1.165) is 36.7 Å². The molecule has 27 heavy (non-hydrogen) atoms. The quantitative estimate of drug-likeness (QED) is 0.342. The molecule has 0 saturated carbocycles. The molecule has 1 atom stereocenters. The number of halogens is 1. The summed E-state index contributed by atoms with van der Waals surface area (Å²) in [5.41, 5.74) is 2.11. The van der Waals surface area contributed by atoms with Crippen LogP contribution in [0.4, 0.5) is 0 Å². The van der Waals surface area contributed by atoms with Crippen LogP contribution in [0.15, 0.2) is 76.2 Å². The number of benzene rings is 3. The number of nitrogens with zero attached hydrogens (tertiary/aromatic N) is 1. The van der Waals surface area contributed by atoms with Crippen LogP contribution in [0.1, 0.15) is 6.92 Å². The Morgan fingerprint density at radius 2 is 1.63 bits per heavy atom. The van der Waals surface area contributed by atoms with Gasteiger partial charge in [-0.25, -0.2) is 0 Å². The van der Waals surface area contributed by atoms with E-state index in [2.05, 4.69) is 44.8 Å². The third-order valence-corrected chi connectivity index (χ3v) is 6.24. The summed E-state index contributed by atoms with van der Waals surface area (Å²) in [6.07, 6.45) is 2.02.